The standard InChI is InChI=1S/C29H37FN4O4/c1-20(35)23-6-3-7-26(16-23)31-28(36)32-27-12-14-34(29(37)38-2)19-24(27)18-33-13-4-5-22(17-33)15-21-8-10-25(30)11-9-21/h3,6-11,16,22,24,27H,4-5,12-15,17-19H2,1-2H3,(H2,31,32,36)/t22?,24-,27-/m1/s1. The van der Waals surface area contributed by atoms with Crippen LogP contribution in [0.4, 0.5) is 19.7 Å². The molecule has 1 unspecified atom stereocenters. The quantitative estimate of drug-likeness (QED) is 0.518. The van der Waals surface area contributed by atoms with E-state index in [1.807, 2.05) is 12.1 Å². The molecule has 9 heteroatoms. The van der Waals surface area contributed by atoms with Crippen molar-refractivity contribution in [1.82, 2.24) is 15.1 Å². The van der Waals surface area contributed by atoms with Gasteiger partial charge in [-0.15, -0.1) is 0 Å². The summed E-state index contributed by atoms with van der Waals surface area (Å²) in [6, 6.07) is 13.1. The van der Waals surface area contributed by atoms with E-state index in [2.05, 4.69) is 15.5 Å². The van der Waals surface area contributed by atoms with Gasteiger partial charge in [0.05, 0.1) is 7.11 Å². The lowest BCUT2D eigenvalue weighted by Crippen LogP contribution is -2.56. The van der Waals surface area contributed by atoms with Crippen molar-refractivity contribution in [3.8, 4) is 0 Å². The van der Waals surface area contributed by atoms with Crippen LogP contribution in [-0.4, -0.2) is 73.6 Å². The fourth-order valence-electron chi connectivity index (χ4n) is 5.62. The van der Waals surface area contributed by atoms with Gasteiger partial charge in [0.15, 0.2) is 5.78 Å². The number of piperidine rings is 2. The normalized spacial score (nSPS) is 22.0. The predicted octanol–water partition coefficient (Wildman–Crippen LogP) is 4.56. The average Bonchev–Trinajstić information content (AvgIpc) is 2.91. The second-order valence-corrected chi connectivity index (χ2v) is 10.4. The number of hydrogen-bond donors (Lipinski definition) is 2. The Labute approximate surface area is 223 Å². The molecular formula is C29H37FN4O4. The van der Waals surface area contributed by atoms with Crippen LogP contribution < -0.4 is 10.6 Å². The van der Waals surface area contributed by atoms with Gasteiger partial charge in [0.1, 0.15) is 5.82 Å². The van der Waals surface area contributed by atoms with Gasteiger partial charge < -0.3 is 25.2 Å². The van der Waals surface area contributed by atoms with Gasteiger partial charge in [-0.1, -0.05) is 24.3 Å². The highest BCUT2D eigenvalue weighted by atomic mass is 19.1. The molecule has 204 valence electrons. The van der Waals surface area contributed by atoms with Crippen LogP contribution in [-0.2, 0) is 11.2 Å². The van der Waals surface area contributed by atoms with Crippen molar-refractivity contribution in [3.63, 3.8) is 0 Å². The molecule has 2 heterocycles. The first-order valence-electron chi connectivity index (χ1n) is 13.3. The number of Topliss-reactive ketones (excluding diaryl/α,β-unsaturated/α-hetero) is 1. The summed E-state index contributed by atoms with van der Waals surface area (Å²) in [5.74, 6) is 0.212. The van der Waals surface area contributed by atoms with Crippen molar-refractivity contribution in [1.29, 1.82) is 0 Å². The molecule has 8 nitrogen and oxygen atoms in total. The van der Waals surface area contributed by atoms with Gasteiger partial charge in [-0.3, -0.25) is 4.79 Å². The van der Waals surface area contributed by atoms with Crippen molar-refractivity contribution in [2.24, 2.45) is 11.8 Å². The first kappa shape index (κ1) is 27.6. The highest BCUT2D eigenvalue weighted by molar-refractivity contribution is 5.96. The topological polar surface area (TPSA) is 91.0 Å². The molecule has 0 spiro atoms. The van der Waals surface area contributed by atoms with Crippen molar-refractivity contribution < 1.29 is 23.5 Å². The zero-order chi connectivity index (χ0) is 27.1. The lowest BCUT2D eigenvalue weighted by atomic mass is 9.88. The minimum Gasteiger partial charge on any atom is -0.453 e. The Balaban J connectivity index is 1.39. The number of benzene rings is 2. The summed E-state index contributed by atoms with van der Waals surface area (Å²) in [4.78, 5) is 41.0. The van der Waals surface area contributed by atoms with E-state index in [0.717, 1.165) is 44.5 Å². The number of carbonyl (C=O) groups is 3. The molecule has 2 fully saturated rings. The van der Waals surface area contributed by atoms with Crippen LogP contribution in [0.2, 0.25) is 0 Å². The van der Waals surface area contributed by atoms with E-state index in [4.69, 9.17) is 4.74 Å². The van der Waals surface area contributed by atoms with E-state index in [1.165, 1.54) is 26.2 Å². The summed E-state index contributed by atoms with van der Waals surface area (Å²) >= 11 is 0. The van der Waals surface area contributed by atoms with Gasteiger partial charge in [0.25, 0.3) is 0 Å². The maximum atomic E-state index is 13.3. The van der Waals surface area contributed by atoms with Crippen LogP contribution in [0.15, 0.2) is 48.5 Å². The Morgan fingerprint density at radius 1 is 1.05 bits per heavy atom. The number of likely N-dealkylation sites (tertiary alicyclic amines) is 2. The number of halogens is 1. The lowest BCUT2D eigenvalue weighted by molar-refractivity contribution is 0.0702. The molecule has 2 aromatic carbocycles. The van der Waals surface area contributed by atoms with Gasteiger partial charge in [0.2, 0.25) is 0 Å². The van der Waals surface area contributed by atoms with E-state index in [1.54, 1.807) is 29.2 Å². The predicted molar refractivity (Wildman–Crippen MR) is 144 cm³/mol. The molecule has 0 aromatic heterocycles. The smallest absolute Gasteiger partial charge is 0.409 e. The third-order valence-electron chi connectivity index (χ3n) is 7.54. The summed E-state index contributed by atoms with van der Waals surface area (Å²) in [5.41, 5.74) is 2.23. The van der Waals surface area contributed by atoms with Crippen LogP contribution in [0.3, 0.4) is 0 Å². The number of nitrogens with one attached hydrogen (secondary N) is 2. The molecule has 2 N–H and O–H groups in total. The zero-order valence-corrected chi connectivity index (χ0v) is 22.1. The average molecular weight is 525 g/mol. The van der Waals surface area contributed by atoms with Crippen LogP contribution in [0, 0.1) is 17.7 Å². The number of anilines is 1. The van der Waals surface area contributed by atoms with Crippen molar-refractivity contribution >= 4 is 23.6 Å². The maximum absolute atomic E-state index is 13.3. The third kappa shape index (κ3) is 7.54. The van der Waals surface area contributed by atoms with Crippen LogP contribution >= 0.6 is 0 Å². The maximum Gasteiger partial charge on any atom is 0.409 e. The SMILES string of the molecule is COC(=O)N1CC[C@@H](NC(=O)Nc2cccc(C(C)=O)c2)[C@H](CN2CCCC(Cc3ccc(F)cc3)C2)C1. The van der Waals surface area contributed by atoms with Crippen LogP contribution in [0.5, 0.6) is 0 Å². The highest BCUT2D eigenvalue weighted by Crippen LogP contribution is 2.25. The second-order valence-electron chi connectivity index (χ2n) is 10.4. The molecule has 0 radical (unpaired) electrons. The molecule has 3 atom stereocenters. The first-order chi connectivity index (χ1) is 18.3. The fourth-order valence-corrected chi connectivity index (χ4v) is 5.62. The molecule has 2 aromatic rings. The molecule has 2 aliphatic heterocycles. The van der Waals surface area contributed by atoms with E-state index < -0.39 is 0 Å². The molecule has 3 amide bonds. The van der Waals surface area contributed by atoms with Crippen molar-refractivity contribution in [2.45, 2.75) is 38.6 Å². The molecule has 2 saturated heterocycles. The van der Waals surface area contributed by atoms with Crippen molar-refractivity contribution in [2.75, 3.05) is 45.2 Å². The lowest BCUT2D eigenvalue weighted by Gasteiger charge is -2.42. The second kappa shape index (κ2) is 12.9. The molecular weight excluding hydrogens is 487 g/mol. The Morgan fingerprint density at radius 3 is 2.58 bits per heavy atom. The zero-order valence-electron chi connectivity index (χ0n) is 22.1. The first-order valence-corrected chi connectivity index (χ1v) is 13.3. The van der Waals surface area contributed by atoms with E-state index in [-0.39, 0.29) is 35.7 Å². The summed E-state index contributed by atoms with van der Waals surface area (Å²) < 4.78 is 18.3. The molecule has 0 saturated carbocycles. The van der Waals surface area contributed by atoms with Crippen molar-refractivity contribution in [3.05, 3.63) is 65.5 Å². The molecule has 2 aliphatic rings. The number of nitrogens with zero attached hydrogens (tertiary/aromatic N) is 2. The Kier molecular flexibility index (Phi) is 9.33. The number of methoxy groups -OCH3 is 1. The van der Waals surface area contributed by atoms with Crippen LogP contribution in [0.1, 0.15) is 42.1 Å². The van der Waals surface area contributed by atoms with Gasteiger partial charge in [-0.05, 0) is 74.9 Å². The van der Waals surface area contributed by atoms with Gasteiger partial charge in [-0.25, -0.2) is 14.0 Å². The number of hydrogen-bond acceptors (Lipinski definition) is 5. The largest absolute Gasteiger partial charge is 0.453 e. The summed E-state index contributed by atoms with van der Waals surface area (Å²) in [7, 11) is 1.38. The Hall–Kier alpha value is -3.46. The monoisotopic (exact) mass is 524 g/mol. The van der Waals surface area contributed by atoms with E-state index in [9.17, 15) is 18.8 Å². The number of amides is 3. The highest BCUT2D eigenvalue weighted by Gasteiger charge is 2.35. The summed E-state index contributed by atoms with van der Waals surface area (Å²) in [6.07, 6.45) is 3.36. The molecule has 4 rings (SSSR count). The Bertz CT molecular complexity index is 1130. The number of urea groups is 1. The molecule has 38 heavy (non-hydrogen) atoms. The van der Waals surface area contributed by atoms with E-state index >= 15 is 0 Å². The third-order valence-corrected chi connectivity index (χ3v) is 7.54. The minimum absolute atomic E-state index is 0.0294. The molecule has 0 aliphatic carbocycles. The van der Waals surface area contributed by atoms with Gasteiger partial charge >= 0.3 is 12.1 Å². The van der Waals surface area contributed by atoms with Crippen LogP contribution in [0.25, 0.3) is 0 Å². The van der Waals surface area contributed by atoms with Gasteiger partial charge in [-0.2, -0.15) is 0 Å². The Morgan fingerprint density at radius 2 is 1.84 bits per heavy atom. The summed E-state index contributed by atoms with van der Waals surface area (Å²) in [5, 5.41) is 5.96. The number of ether oxygens (including phenoxy) is 1. The van der Waals surface area contributed by atoms with Gasteiger partial charge in [0, 0.05) is 49.4 Å². The number of rotatable bonds is 7. The fraction of sp³-hybridized carbons (Fsp3) is 0.483. The van der Waals surface area contributed by atoms with E-state index in [0.29, 0.717) is 36.7 Å². The number of ketones is 1. The summed E-state index contributed by atoms with van der Waals surface area (Å²) in [6.45, 7) is 5.12. The minimum atomic E-state index is -0.355. The number of carbonyl (C=O) groups excluding carboxylic acids is 3. The molecule has 0 bridgehead atoms.